The zero-order valence-electron chi connectivity index (χ0n) is 14.3. The Morgan fingerprint density at radius 1 is 1.19 bits per heavy atom. The van der Waals surface area contributed by atoms with Crippen LogP contribution in [-0.4, -0.2) is 24.6 Å². The van der Waals surface area contributed by atoms with Crippen molar-refractivity contribution in [1.29, 1.82) is 0 Å². The molecule has 26 heavy (non-hydrogen) atoms. The summed E-state index contributed by atoms with van der Waals surface area (Å²) in [5.41, 5.74) is 1.02. The average Bonchev–Trinajstić information content (AvgIpc) is 2.97. The molecule has 8 heteroatoms. The molecule has 1 aromatic heterocycles. The lowest BCUT2D eigenvalue weighted by atomic mass is 10.2. The summed E-state index contributed by atoms with van der Waals surface area (Å²) in [5.74, 6) is -0.648. The van der Waals surface area contributed by atoms with Crippen LogP contribution in [0.2, 0.25) is 5.02 Å². The zero-order chi connectivity index (χ0) is 18.9. The molecule has 0 aliphatic rings. The number of carbonyl (C=O) groups is 1. The molecule has 0 fully saturated rings. The van der Waals surface area contributed by atoms with Gasteiger partial charge in [-0.2, -0.15) is 4.99 Å². The maximum Gasteiger partial charge on any atom is 0.280 e. The van der Waals surface area contributed by atoms with Gasteiger partial charge in [-0.05, 0) is 37.3 Å². The van der Waals surface area contributed by atoms with E-state index in [0.717, 1.165) is 10.2 Å². The number of hydrogen-bond acceptors (Lipinski definition) is 4. The van der Waals surface area contributed by atoms with Gasteiger partial charge in [-0.3, -0.25) is 4.79 Å². The topological polar surface area (TPSA) is 68.5 Å². The summed E-state index contributed by atoms with van der Waals surface area (Å²) < 4.78 is 27.4. The van der Waals surface area contributed by atoms with Gasteiger partial charge in [-0.15, -0.1) is 0 Å². The Balaban J connectivity index is 2.18. The molecule has 0 atom stereocenters. The molecule has 2 aromatic carbocycles. The Morgan fingerprint density at radius 3 is 2.62 bits per heavy atom. The third kappa shape index (κ3) is 3.47. The lowest BCUT2D eigenvalue weighted by Gasteiger charge is -2.06. The summed E-state index contributed by atoms with van der Waals surface area (Å²) in [7, 11) is -3.51. The minimum atomic E-state index is -3.51. The van der Waals surface area contributed by atoms with E-state index in [1.165, 1.54) is 23.5 Å². The van der Waals surface area contributed by atoms with Crippen LogP contribution < -0.4 is 4.80 Å². The molecular weight excluding hydrogens is 392 g/mol. The van der Waals surface area contributed by atoms with E-state index >= 15 is 0 Å². The van der Waals surface area contributed by atoms with Gasteiger partial charge < -0.3 is 4.57 Å². The van der Waals surface area contributed by atoms with Crippen LogP contribution in [0.15, 0.2) is 52.4 Å². The minimum Gasteiger partial charge on any atom is -0.317 e. The Bertz CT molecular complexity index is 1160. The van der Waals surface area contributed by atoms with E-state index in [1.807, 2.05) is 23.6 Å². The molecule has 0 aliphatic carbocycles. The molecular formula is C18H17ClN2O3S2. The number of thiazole rings is 1. The fourth-order valence-corrected chi connectivity index (χ4v) is 5.11. The number of hydrogen-bond donors (Lipinski definition) is 0. The van der Waals surface area contributed by atoms with Crippen molar-refractivity contribution in [2.24, 2.45) is 4.99 Å². The molecule has 0 spiro atoms. The van der Waals surface area contributed by atoms with Crippen molar-refractivity contribution < 1.29 is 13.2 Å². The summed E-state index contributed by atoms with van der Waals surface area (Å²) in [6.07, 6.45) is 0. The van der Waals surface area contributed by atoms with Crippen LogP contribution in [0.3, 0.4) is 0 Å². The van der Waals surface area contributed by atoms with E-state index in [4.69, 9.17) is 11.6 Å². The molecule has 0 saturated heterocycles. The van der Waals surface area contributed by atoms with E-state index < -0.39 is 15.7 Å². The molecule has 0 N–H and O–H groups in total. The number of fused-ring (bicyclic) bond motifs is 1. The highest BCUT2D eigenvalue weighted by Crippen LogP contribution is 2.22. The number of aromatic nitrogens is 1. The predicted octanol–water partition coefficient (Wildman–Crippen LogP) is 3.91. The van der Waals surface area contributed by atoms with Crippen molar-refractivity contribution in [3.63, 3.8) is 0 Å². The van der Waals surface area contributed by atoms with Crippen molar-refractivity contribution in [3.8, 4) is 0 Å². The Morgan fingerprint density at radius 2 is 1.92 bits per heavy atom. The molecule has 0 radical (unpaired) electrons. The number of rotatable bonds is 4. The maximum absolute atomic E-state index is 12.7. The molecule has 0 unspecified atom stereocenters. The number of sulfone groups is 1. The quantitative estimate of drug-likeness (QED) is 0.657. The van der Waals surface area contributed by atoms with Gasteiger partial charge in [0.25, 0.3) is 5.91 Å². The second-order valence-electron chi connectivity index (χ2n) is 5.56. The Hall–Kier alpha value is -1.96. The average molecular weight is 409 g/mol. The Labute approximate surface area is 160 Å². The third-order valence-electron chi connectivity index (χ3n) is 3.99. The molecule has 5 nitrogen and oxygen atoms in total. The Kier molecular flexibility index (Phi) is 5.32. The highest BCUT2D eigenvalue weighted by Gasteiger charge is 2.20. The van der Waals surface area contributed by atoms with Gasteiger partial charge in [0.2, 0.25) is 0 Å². The van der Waals surface area contributed by atoms with E-state index in [2.05, 4.69) is 4.99 Å². The standard InChI is InChI=1S/C18H17ClN2O3S2/c1-3-21-14-10-9-12(19)11-15(14)25-18(21)20-17(22)13-7-5-6-8-16(13)26(23,24)4-2/h5-11H,3-4H2,1-2H3. The van der Waals surface area contributed by atoms with Crippen LogP contribution in [0, 0.1) is 0 Å². The molecule has 136 valence electrons. The van der Waals surface area contributed by atoms with E-state index in [0.29, 0.717) is 16.4 Å². The highest BCUT2D eigenvalue weighted by molar-refractivity contribution is 7.91. The fourth-order valence-electron chi connectivity index (χ4n) is 2.66. The SMILES string of the molecule is CCn1c(=NC(=O)c2ccccc2S(=O)(=O)CC)sc2cc(Cl)ccc21. The number of carbonyl (C=O) groups excluding carboxylic acids is 1. The maximum atomic E-state index is 12.7. The molecule has 1 heterocycles. The van der Waals surface area contributed by atoms with E-state index in [9.17, 15) is 13.2 Å². The van der Waals surface area contributed by atoms with Crippen LogP contribution in [0.5, 0.6) is 0 Å². The summed E-state index contributed by atoms with van der Waals surface area (Å²) in [5, 5.41) is 0.610. The van der Waals surface area contributed by atoms with Crippen molar-refractivity contribution in [1.82, 2.24) is 4.57 Å². The second kappa shape index (κ2) is 7.34. The summed E-state index contributed by atoms with van der Waals surface area (Å²) in [6.45, 7) is 4.14. The normalized spacial score (nSPS) is 12.7. The largest absolute Gasteiger partial charge is 0.317 e. The number of halogens is 1. The van der Waals surface area contributed by atoms with Crippen LogP contribution in [-0.2, 0) is 16.4 Å². The van der Waals surface area contributed by atoms with Crippen LogP contribution >= 0.6 is 22.9 Å². The first-order valence-electron chi connectivity index (χ1n) is 8.07. The van der Waals surface area contributed by atoms with Gasteiger partial charge in [0.05, 0.1) is 26.4 Å². The van der Waals surface area contributed by atoms with E-state index in [-0.39, 0.29) is 16.2 Å². The number of benzene rings is 2. The molecule has 3 rings (SSSR count). The van der Waals surface area contributed by atoms with Gasteiger partial charge in [0.1, 0.15) is 0 Å². The summed E-state index contributed by atoms with van der Waals surface area (Å²) in [6, 6.07) is 11.7. The summed E-state index contributed by atoms with van der Waals surface area (Å²) >= 11 is 7.39. The van der Waals surface area contributed by atoms with Gasteiger partial charge in [0, 0.05) is 11.6 Å². The molecule has 0 aliphatic heterocycles. The van der Waals surface area contributed by atoms with Gasteiger partial charge >= 0.3 is 0 Å². The van der Waals surface area contributed by atoms with Crippen LogP contribution in [0.1, 0.15) is 24.2 Å². The lowest BCUT2D eigenvalue weighted by molar-refractivity contribution is 0.0994. The second-order valence-corrected chi connectivity index (χ2v) is 9.25. The van der Waals surface area contributed by atoms with E-state index in [1.54, 1.807) is 25.1 Å². The lowest BCUT2D eigenvalue weighted by Crippen LogP contribution is -2.17. The highest BCUT2D eigenvalue weighted by atomic mass is 35.5. The molecule has 0 saturated carbocycles. The number of nitrogens with zero attached hydrogens (tertiary/aromatic N) is 2. The zero-order valence-corrected chi connectivity index (χ0v) is 16.7. The first-order valence-corrected chi connectivity index (χ1v) is 10.9. The van der Waals surface area contributed by atoms with Crippen molar-refractivity contribution in [3.05, 3.63) is 57.9 Å². The van der Waals surface area contributed by atoms with Crippen LogP contribution in [0.4, 0.5) is 0 Å². The predicted molar refractivity (Wildman–Crippen MR) is 105 cm³/mol. The van der Waals surface area contributed by atoms with Crippen molar-refractivity contribution in [2.75, 3.05) is 5.75 Å². The van der Waals surface area contributed by atoms with Crippen molar-refractivity contribution in [2.45, 2.75) is 25.3 Å². The fraction of sp³-hybridized carbons (Fsp3) is 0.222. The molecule has 3 aromatic rings. The molecule has 1 amide bonds. The monoisotopic (exact) mass is 408 g/mol. The van der Waals surface area contributed by atoms with Crippen molar-refractivity contribution >= 4 is 48.9 Å². The summed E-state index contributed by atoms with van der Waals surface area (Å²) in [4.78, 5) is 17.5. The van der Waals surface area contributed by atoms with Gasteiger partial charge in [-0.25, -0.2) is 8.42 Å². The third-order valence-corrected chi connectivity index (χ3v) is 7.05. The van der Waals surface area contributed by atoms with Gasteiger partial charge in [0.15, 0.2) is 14.6 Å². The van der Waals surface area contributed by atoms with Gasteiger partial charge in [-0.1, -0.05) is 42.0 Å². The first-order chi connectivity index (χ1) is 12.4. The number of aryl methyl sites for hydroxylation is 1. The minimum absolute atomic E-state index is 0.0171. The van der Waals surface area contributed by atoms with Crippen LogP contribution in [0.25, 0.3) is 10.2 Å². The first kappa shape index (κ1) is 18.8. The molecule has 0 bridgehead atoms. The number of amides is 1. The smallest absolute Gasteiger partial charge is 0.280 e.